The van der Waals surface area contributed by atoms with Gasteiger partial charge in [-0.05, 0) is 36.1 Å². The van der Waals surface area contributed by atoms with Crippen molar-refractivity contribution in [3.8, 4) is 5.75 Å². The monoisotopic (exact) mass is 326 g/mol. The number of benzene rings is 2. The first kappa shape index (κ1) is 16.1. The van der Waals surface area contributed by atoms with E-state index >= 15 is 0 Å². The minimum absolute atomic E-state index is 0.0298. The molecule has 1 heterocycles. The Labute approximate surface area is 139 Å². The summed E-state index contributed by atoms with van der Waals surface area (Å²) < 4.78 is 20.9. The Hall–Kier alpha value is -2.82. The number of aromatic nitrogens is 1. The van der Waals surface area contributed by atoms with Crippen molar-refractivity contribution in [3.63, 3.8) is 0 Å². The topological polar surface area (TPSA) is 43.3 Å². The molecule has 0 fully saturated rings. The molecule has 5 heteroatoms. The van der Waals surface area contributed by atoms with Crippen LogP contribution in [-0.2, 0) is 6.54 Å². The van der Waals surface area contributed by atoms with Gasteiger partial charge in [-0.2, -0.15) is 0 Å². The number of hydrogen-bond donors (Lipinski definition) is 1. The van der Waals surface area contributed by atoms with E-state index in [1.54, 1.807) is 6.07 Å². The Kier molecular flexibility index (Phi) is 4.79. The number of carbonyl (C=O) groups is 1. The smallest absolute Gasteiger partial charge is 0.254 e. The van der Waals surface area contributed by atoms with Gasteiger partial charge in [0.25, 0.3) is 5.91 Å². The van der Waals surface area contributed by atoms with E-state index in [2.05, 4.69) is 28.1 Å². The second-order valence-electron chi connectivity index (χ2n) is 5.52. The van der Waals surface area contributed by atoms with Gasteiger partial charge < -0.3 is 14.6 Å². The predicted molar refractivity (Wildman–Crippen MR) is 91.8 cm³/mol. The number of methoxy groups -OCH3 is 1. The molecule has 0 bridgehead atoms. The third kappa shape index (κ3) is 3.40. The molecular formula is C19H19FN2O2. The maximum absolute atomic E-state index is 13.8. The molecule has 3 aromatic rings. The van der Waals surface area contributed by atoms with E-state index in [-0.39, 0.29) is 5.56 Å². The summed E-state index contributed by atoms with van der Waals surface area (Å²) in [6, 6.07) is 14.4. The number of fused-ring (bicyclic) bond motifs is 1. The number of aryl methyl sites for hydroxylation is 1. The van der Waals surface area contributed by atoms with Crippen LogP contribution in [0, 0.1) is 5.82 Å². The zero-order chi connectivity index (χ0) is 16.9. The highest BCUT2D eigenvalue weighted by Crippen LogP contribution is 2.17. The highest BCUT2D eigenvalue weighted by molar-refractivity contribution is 5.94. The van der Waals surface area contributed by atoms with Gasteiger partial charge in [0, 0.05) is 30.9 Å². The van der Waals surface area contributed by atoms with E-state index in [0.29, 0.717) is 12.3 Å². The van der Waals surface area contributed by atoms with Gasteiger partial charge in [-0.3, -0.25) is 4.79 Å². The summed E-state index contributed by atoms with van der Waals surface area (Å²) in [6.07, 6.45) is 2.80. The van der Waals surface area contributed by atoms with Crippen LogP contribution in [0.4, 0.5) is 4.39 Å². The molecule has 0 spiro atoms. The molecule has 0 atom stereocenters. The molecule has 1 N–H and O–H groups in total. The van der Waals surface area contributed by atoms with Crippen LogP contribution in [0.15, 0.2) is 54.7 Å². The lowest BCUT2D eigenvalue weighted by Crippen LogP contribution is -2.26. The van der Waals surface area contributed by atoms with Crippen molar-refractivity contribution >= 4 is 16.8 Å². The molecule has 0 saturated heterocycles. The fourth-order valence-electron chi connectivity index (χ4n) is 2.69. The van der Waals surface area contributed by atoms with Gasteiger partial charge in [0.1, 0.15) is 11.6 Å². The Bertz CT molecular complexity index is 857. The minimum Gasteiger partial charge on any atom is -0.497 e. The third-order valence-corrected chi connectivity index (χ3v) is 3.96. The molecule has 3 rings (SSSR count). The van der Waals surface area contributed by atoms with Crippen molar-refractivity contribution in [1.29, 1.82) is 0 Å². The molecule has 0 saturated carbocycles. The Morgan fingerprint density at radius 2 is 2.04 bits per heavy atom. The lowest BCUT2D eigenvalue weighted by molar-refractivity contribution is 0.0948. The molecule has 0 aliphatic heterocycles. The molecular weight excluding hydrogens is 307 g/mol. The zero-order valence-electron chi connectivity index (χ0n) is 13.5. The number of nitrogens with zero attached hydrogens (tertiary/aromatic N) is 1. The summed E-state index contributed by atoms with van der Waals surface area (Å²) in [4.78, 5) is 12.0. The number of rotatable bonds is 6. The molecule has 0 aliphatic rings. The summed E-state index contributed by atoms with van der Waals surface area (Å²) in [5.74, 6) is -0.598. The number of para-hydroxylation sites is 1. The van der Waals surface area contributed by atoms with E-state index < -0.39 is 11.7 Å². The van der Waals surface area contributed by atoms with Gasteiger partial charge in [-0.15, -0.1) is 0 Å². The molecule has 124 valence electrons. The van der Waals surface area contributed by atoms with Gasteiger partial charge in [0.05, 0.1) is 12.7 Å². The average Bonchev–Trinajstić information content (AvgIpc) is 3.01. The maximum atomic E-state index is 13.8. The first-order valence-corrected chi connectivity index (χ1v) is 7.84. The lowest BCUT2D eigenvalue weighted by atomic mass is 10.2. The largest absolute Gasteiger partial charge is 0.497 e. The van der Waals surface area contributed by atoms with Crippen LogP contribution in [0.2, 0.25) is 0 Å². The van der Waals surface area contributed by atoms with E-state index in [1.165, 1.54) is 30.1 Å². The highest BCUT2D eigenvalue weighted by atomic mass is 19.1. The molecule has 0 aliphatic carbocycles. The number of ether oxygens (including phenoxy) is 1. The molecule has 0 radical (unpaired) electrons. The van der Waals surface area contributed by atoms with Gasteiger partial charge in [0.15, 0.2) is 0 Å². The van der Waals surface area contributed by atoms with E-state index in [9.17, 15) is 9.18 Å². The van der Waals surface area contributed by atoms with Crippen LogP contribution in [0.25, 0.3) is 10.9 Å². The fraction of sp³-hybridized carbons (Fsp3) is 0.211. The normalized spacial score (nSPS) is 10.8. The summed E-state index contributed by atoms with van der Waals surface area (Å²) in [7, 11) is 1.46. The summed E-state index contributed by atoms with van der Waals surface area (Å²) in [5.41, 5.74) is 1.20. The fourth-order valence-corrected chi connectivity index (χ4v) is 2.69. The second kappa shape index (κ2) is 7.17. The molecule has 24 heavy (non-hydrogen) atoms. The lowest BCUT2D eigenvalue weighted by Gasteiger charge is -2.08. The number of nitrogens with one attached hydrogen (secondary N) is 1. The van der Waals surface area contributed by atoms with Gasteiger partial charge in [-0.1, -0.05) is 18.2 Å². The van der Waals surface area contributed by atoms with Crippen LogP contribution in [0.3, 0.4) is 0 Å². The van der Waals surface area contributed by atoms with Gasteiger partial charge >= 0.3 is 0 Å². The van der Waals surface area contributed by atoms with Crippen LogP contribution < -0.4 is 10.1 Å². The van der Waals surface area contributed by atoms with E-state index in [4.69, 9.17) is 4.74 Å². The predicted octanol–water partition coefficient (Wildman–Crippen LogP) is 3.61. The molecule has 1 aromatic heterocycles. The minimum atomic E-state index is -0.580. The SMILES string of the molecule is COc1ccc(C(=O)NCCCn2ccc3ccccc32)c(F)c1. The van der Waals surface area contributed by atoms with Crippen molar-refractivity contribution in [3.05, 3.63) is 66.1 Å². The van der Waals surface area contributed by atoms with Crippen LogP contribution in [-0.4, -0.2) is 24.1 Å². The van der Waals surface area contributed by atoms with Crippen molar-refractivity contribution in [2.45, 2.75) is 13.0 Å². The number of amides is 1. The first-order chi connectivity index (χ1) is 11.7. The van der Waals surface area contributed by atoms with Crippen molar-refractivity contribution < 1.29 is 13.9 Å². The number of carbonyl (C=O) groups excluding carboxylic acids is 1. The summed E-state index contributed by atoms with van der Waals surface area (Å²) >= 11 is 0. The van der Waals surface area contributed by atoms with Gasteiger partial charge in [0.2, 0.25) is 0 Å². The number of hydrogen-bond acceptors (Lipinski definition) is 2. The van der Waals surface area contributed by atoms with Crippen LogP contribution >= 0.6 is 0 Å². The average molecular weight is 326 g/mol. The third-order valence-electron chi connectivity index (χ3n) is 3.96. The standard InChI is InChI=1S/C19H19FN2O2/c1-24-15-7-8-16(17(20)13-15)19(23)21-10-4-11-22-12-9-14-5-2-3-6-18(14)22/h2-3,5-9,12-13H,4,10-11H2,1H3,(H,21,23). The zero-order valence-corrected chi connectivity index (χ0v) is 13.5. The Morgan fingerprint density at radius 1 is 1.21 bits per heavy atom. The van der Waals surface area contributed by atoms with Crippen molar-refractivity contribution in [2.75, 3.05) is 13.7 Å². The Balaban J connectivity index is 1.54. The van der Waals surface area contributed by atoms with Crippen LogP contribution in [0.1, 0.15) is 16.8 Å². The first-order valence-electron chi connectivity index (χ1n) is 7.84. The summed E-state index contributed by atoms with van der Waals surface area (Å²) in [6.45, 7) is 1.27. The molecule has 2 aromatic carbocycles. The van der Waals surface area contributed by atoms with Crippen molar-refractivity contribution in [1.82, 2.24) is 9.88 Å². The highest BCUT2D eigenvalue weighted by Gasteiger charge is 2.12. The maximum Gasteiger partial charge on any atom is 0.254 e. The van der Waals surface area contributed by atoms with E-state index in [1.807, 2.05) is 18.3 Å². The van der Waals surface area contributed by atoms with E-state index in [0.717, 1.165) is 13.0 Å². The molecule has 4 nitrogen and oxygen atoms in total. The number of halogens is 1. The second-order valence-corrected chi connectivity index (χ2v) is 5.52. The van der Waals surface area contributed by atoms with Crippen LogP contribution in [0.5, 0.6) is 5.75 Å². The Morgan fingerprint density at radius 3 is 2.83 bits per heavy atom. The van der Waals surface area contributed by atoms with Gasteiger partial charge in [-0.25, -0.2) is 4.39 Å². The quantitative estimate of drug-likeness (QED) is 0.703. The molecule has 0 unspecified atom stereocenters. The molecule has 1 amide bonds. The van der Waals surface area contributed by atoms with Crippen molar-refractivity contribution in [2.24, 2.45) is 0 Å². The summed E-state index contributed by atoms with van der Waals surface area (Å²) in [5, 5.41) is 3.95.